The summed E-state index contributed by atoms with van der Waals surface area (Å²) in [6.07, 6.45) is 0. The molecule has 0 saturated carbocycles. The number of nitrogens with zero attached hydrogens (tertiary/aromatic N) is 1. The van der Waals surface area contributed by atoms with Crippen molar-refractivity contribution in [2.24, 2.45) is 0 Å². The third kappa shape index (κ3) is 3.75. The van der Waals surface area contributed by atoms with Crippen LogP contribution in [0.1, 0.15) is 48.8 Å². The standard InChI is InChI=1S/C19H18N2O5S/c1-4-25-18(23)15-10(2)16(20-11(15)3)13(22)9-26-19(24)17-21-12-7-5-6-8-14(12)27-17/h5-8,20H,4,9H2,1-3H3. The highest BCUT2D eigenvalue weighted by Crippen LogP contribution is 2.23. The molecule has 2 aromatic heterocycles. The molecule has 0 aliphatic rings. The monoisotopic (exact) mass is 386 g/mol. The molecular formula is C19H18N2O5S. The zero-order valence-electron chi connectivity index (χ0n) is 15.1. The number of carbonyl (C=O) groups is 3. The van der Waals surface area contributed by atoms with Gasteiger partial charge in [-0.15, -0.1) is 11.3 Å². The van der Waals surface area contributed by atoms with E-state index >= 15 is 0 Å². The van der Waals surface area contributed by atoms with Crippen LogP contribution in [0.2, 0.25) is 0 Å². The maximum absolute atomic E-state index is 12.4. The predicted molar refractivity (Wildman–Crippen MR) is 100 cm³/mol. The molecule has 0 spiro atoms. The van der Waals surface area contributed by atoms with Gasteiger partial charge in [-0.2, -0.15) is 0 Å². The molecular weight excluding hydrogens is 368 g/mol. The molecule has 0 aliphatic heterocycles. The average molecular weight is 386 g/mol. The Balaban J connectivity index is 1.71. The zero-order valence-corrected chi connectivity index (χ0v) is 15.9. The Hall–Kier alpha value is -3.00. The van der Waals surface area contributed by atoms with E-state index in [0.29, 0.717) is 22.3 Å². The number of hydrogen-bond donors (Lipinski definition) is 1. The van der Waals surface area contributed by atoms with Crippen molar-refractivity contribution in [2.75, 3.05) is 13.2 Å². The second-order valence-electron chi connectivity index (χ2n) is 5.83. The number of thiazole rings is 1. The topological polar surface area (TPSA) is 98.4 Å². The molecule has 8 heteroatoms. The number of ketones is 1. The molecule has 0 radical (unpaired) electrons. The first-order valence-electron chi connectivity index (χ1n) is 8.34. The van der Waals surface area contributed by atoms with Gasteiger partial charge in [-0.1, -0.05) is 12.1 Å². The summed E-state index contributed by atoms with van der Waals surface area (Å²) in [7, 11) is 0. The van der Waals surface area contributed by atoms with Crippen molar-refractivity contribution in [1.29, 1.82) is 0 Å². The summed E-state index contributed by atoms with van der Waals surface area (Å²) in [4.78, 5) is 43.7. The Morgan fingerprint density at radius 3 is 2.56 bits per heavy atom. The summed E-state index contributed by atoms with van der Waals surface area (Å²) in [5, 5.41) is 0.190. The lowest BCUT2D eigenvalue weighted by molar-refractivity contribution is 0.0472. The predicted octanol–water partition coefficient (Wildman–Crippen LogP) is 3.46. The van der Waals surface area contributed by atoms with E-state index in [-0.39, 0.29) is 17.3 Å². The molecule has 7 nitrogen and oxygen atoms in total. The molecule has 3 rings (SSSR count). The molecule has 0 aliphatic carbocycles. The fraction of sp³-hybridized carbons (Fsp3) is 0.263. The third-order valence-corrected chi connectivity index (χ3v) is 5.02. The van der Waals surface area contributed by atoms with E-state index in [9.17, 15) is 14.4 Å². The molecule has 2 heterocycles. The normalized spacial score (nSPS) is 10.8. The van der Waals surface area contributed by atoms with Crippen LogP contribution >= 0.6 is 11.3 Å². The van der Waals surface area contributed by atoms with Crippen molar-refractivity contribution < 1.29 is 23.9 Å². The van der Waals surface area contributed by atoms with Gasteiger partial charge in [-0.05, 0) is 38.5 Å². The largest absolute Gasteiger partial charge is 0.462 e. The average Bonchev–Trinajstić information content (AvgIpc) is 3.20. The maximum Gasteiger partial charge on any atom is 0.367 e. The Morgan fingerprint density at radius 2 is 1.85 bits per heavy atom. The maximum atomic E-state index is 12.4. The first kappa shape index (κ1) is 18.8. The minimum Gasteiger partial charge on any atom is -0.462 e. The molecule has 1 aromatic carbocycles. The van der Waals surface area contributed by atoms with Crippen molar-refractivity contribution >= 4 is 39.3 Å². The van der Waals surface area contributed by atoms with Gasteiger partial charge in [0.25, 0.3) is 0 Å². The fourth-order valence-electron chi connectivity index (χ4n) is 2.76. The Kier molecular flexibility index (Phi) is 5.36. The number of benzene rings is 1. The number of para-hydroxylation sites is 1. The quantitative estimate of drug-likeness (QED) is 0.515. The minimum absolute atomic E-state index is 0.190. The first-order chi connectivity index (χ1) is 12.9. The van der Waals surface area contributed by atoms with E-state index in [4.69, 9.17) is 9.47 Å². The second kappa shape index (κ2) is 7.71. The molecule has 0 saturated heterocycles. The van der Waals surface area contributed by atoms with Gasteiger partial charge in [0.2, 0.25) is 10.8 Å². The van der Waals surface area contributed by atoms with Crippen molar-refractivity contribution in [2.45, 2.75) is 20.8 Å². The molecule has 27 heavy (non-hydrogen) atoms. The molecule has 0 bridgehead atoms. The number of H-pyrrole nitrogens is 1. The van der Waals surface area contributed by atoms with Crippen LogP contribution in [0, 0.1) is 13.8 Å². The van der Waals surface area contributed by atoms with Crippen molar-refractivity contribution in [1.82, 2.24) is 9.97 Å². The van der Waals surface area contributed by atoms with Crippen LogP contribution < -0.4 is 0 Å². The van der Waals surface area contributed by atoms with Gasteiger partial charge in [0.15, 0.2) is 6.61 Å². The molecule has 0 fully saturated rings. The van der Waals surface area contributed by atoms with E-state index < -0.39 is 24.3 Å². The summed E-state index contributed by atoms with van der Waals surface area (Å²) >= 11 is 1.21. The first-order valence-corrected chi connectivity index (χ1v) is 9.16. The Labute approximate surface area is 159 Å². The number of Topliss-reactive ketones (excluding diaryl/α,β-unsaturated/α-hetero) is 1. The lowest BCUT2D eigenvalue weighted by Gasteiger charge is -2.03. The highest BCUT2D eigenvalue weighted by molar-refractivity contribution is 7.20. The number of nitrogens with one attached hydrogen (secondary N) is 1. The fourth-order valence-corrected chi connectivity index (χ4v) is 3.62. The van der Waals surface area contributed by atoms with Gasteiger partial charge in [0.05, 0.1) is 28.1 Å². The summed E-state index contributed by atoms with van der Waals surface area (Å²) in [5.41, 5.74) is 2.28. The SMILES string of the molecule is CCOC(=O)c1c(C)[nH]c(C(=O)COC(=O)c2nc3ccccc3s2)c1C. The number of aromatic amines is 1. The molecule has 0 unspecified atom stereocenters. The van der Waals surface area contributed by atoms with Gasteiger partial charge in [0.1, 0.15) is 0 Å². The molecule has 3 aromatic rings. The highest BCUT2D eigenvalue weighted by Gasteiger charge is 2.24. The smallest absolute Gasteiger partial charge is 0.367 e. The molecule has 0 atom stereocenters. The van der Waals surface area contributed by atoms with Crippen LogP contribution in [-0.2, 0) is 9.47 Å². The molecule has 0 amide bonds. The van der Waals surface area contributed by atoms with Crippen LogP contribution in [0.3, 0.4) is 0 Å². The van der Waals surface area contributed by atoms with Gasteiger partial charge >= 0.3 is 11.9 Å². The molecule has 1 N–H and O–H groups in total. The van der Waals surface area contributed by atoms with Crippen molar-refractivity contribution in [3.05, 3.63) is 51.8 Å². The van der Waals surface area contributed by atoms with Crippen LogP contribution in [0.15, 0.2) is 24.3 Å². The number of ether oxygens (including phenoxy) is 2. The summed E-state index contributed by atoms with van der Waals surface area (Å²) in [5.74, 6) is -1.58. The van der Waals surface area contributed by atoms with Crippen LogP contribution in [0.4, 0.5) is 0 Å². The van der Waals surface area contributed by atoms with Crippen molar-refractivity contribution in [3.8, 4) is 0 Å². The van der Waals surface area contributed by atoms with Gasteiger partial charge in [0, 0.05) is 5.69 Å². The van der Waals surface area contributed by atoms with E-state index in [0.717, 1.165) is 4.70 Å². The lowest BCUT2D eigenvalue weighted by Crippen LogP contribution is -2.15. The summed E-state index contributed by atoms with van der Waals surface area (Å²) in [6, 6.07) is 7.35. The van der Waals surface area contributed by atoms with Gasteiger partial charge in [-0.25, -0.2) is 14.6 Å². The number of aromatic nitrogens is 2. The number of aryl methyl sites for hydroxylation is 1. The van der Waals surface area contributed by atoms with Gasteiger partial charge < -0.3 is 14.5 Å². The van der Waals surface area contributed by atoms with E-state index in [1.54, 1.807) is 26.8 Å². The number of esters is 2. The number of fused-ring (bicyclic) bond motifs is 1. The van der Waals surface area contributed by atoms with Crippen LogP contribution in [0.5, 0.6) is 0 Å². The van der Waals surface area contributed by atoms with Gasteiger partial charge in [-0.3, -0.25) is 4.79 Å². The third-order valence-electron chi connectivity index (χ3n) is 4.00. The van der Waals surface area contributed by atoms with E-state index in [1.165, 1.54) is 11.3 Å². The summed E-state index contributed by atoms with van der Waals surface area (Å²) < 4.78 is 11.0. The lowest BCUT2D eigenvalue weighted by atomic mass is 10.1. The van der Waals surface area contributed by atoms with Crippen LogP contribution in [0.25, 0.3) is 10.2 Å². The number of rotatable bonds is 6. The van der Waals surface area contributed by atoms with E-state index in [1.807, 2.05) is 18.2 Å². The van der Waals surface area contributed by atoms with Crippen LogP contribution in [-0.4, -0.2) is 40.9 Å². The van der Waals surface area contributed by atoms with Crippen molar-refractivity contribution in [3.63, 3.8) is 0 Å². The zero-order chi connectivity index (χ0) is 19.6. The van der Waals surface area contributed by atoms with E-state index in [2.05, 4.69) is 9.97 Å². The number of hydrogen-bond acceptors (Lipinski definition) is 7. The Bertz CT molecular complexity index is 1000. The number of carbonyl (C=O) groups excluding carboxylic acids is 3. The summed E-state index contributed by atoms with van der Waals surface area (Å²) in [6.45, 7) is 4.84. The highest BCUT2D eigenvalue weighted by atomic mass is 32.1. The second-order valence-corrected chi connectivity index (χ2v) is 6.86. The Morgan fingerprint density at radius 1 is 1.11 bits per heavy atom. The minimum atomic E-state index is -0.656. The molecule has 140 valence electrons.